The van der Waals surface area contributed by atoms with E-state index in [0.29, 0.717) is 13.0 Å². The van der Waals surface area contributed by atoms with Crippen LogP contribution in [0.25, 0.3) is 0 Å². The minimum absolute atomic E-state index is 0.0837. The van der Waals surface area contributed by atoms with Crippen molar-refractivity contribution in [1.82, 2.24) is 14.7 Å². The molecule has 0 radical (unpaired) electrons. The van der Waals surface area contributed by atoms with Gasteiger partial charge in [-0.25, -0.2) is 0 Å². The third-order valence-corrected chi connectivity index (χ3v) is 5.14. The number of benzene rings is 1. The van der Waals surface area contributed by atoms with E-state index in [1.54, 1.807) is 4.90 Å². The summed E-state index contributed by atoms with van der Waals surface area (Å²) in [6, 6.07) is 9.83. The van der Waals surface area contributed by atoms with Crippen LogP contribution in [0.1, 0.15) is 25.7 Å². The quantitative estimate of drug-likeness (QED) is 0.774. The van der Waals surface area contributed by atoms with E-state index >= 15 is 0 Å². The highest BCUT2D eigenvalue weighted by atomic mass is 16.5. The van der Waals surface area contributed by atoms with E-state index < -0.39 is 0 Å². The molecule has 0 unspecified atom stereocenters. The first-order valence-electron chi connectivity index (χ1n) is 9.68. The second-order valence-electron chi connectivity index (χ2n) is 7.01. The maximum atomic E-state index is 12.5. The predicted molar refractivity (Wildman–Crippen MR) is 100 cm³/mol. The fraction of sp³-hybridized carbons (Fsp3) is 0.600. The van der Waals surface area contributed by atoms with E-state index in [1.807, 2.05) is 35.2 Å². The average molecular weight is 359 g/mol. The number of amides is 2. The molecule has 6 nitrogen and oxygen atoms in total. The molecular weight excluding hydrogens is 330 g/mol. The first-order chi connectivity index (χ1) is 12.7. The number of carbonyl (C=O) groups excluding carboxylic acids is 2. The van der Waals surface area contributed by atoms with Gasteiger partial charge in [0.05, 0.1) is 6.54 Å². The molecule has 1 aromatic carbocycles. The Morgan fingerprint density at radius 1 is 0.962 bits per heavy atom. The molecule has 0 saturated carbocycles. The molecule has 0 spiro atoms. The third-order valence-electron chi connectivity index (χ3n) is 5.14. The summed E-state index contributed by atoms with van der Waals surface area (Å²) >= 11 is 0. The minimum Gasteiger partial charge on any atom is -0.492 e. The fourth-order valence-electron chi connectivity index (χ4n) is 3.50. The van der Waals surface area contributed by atoms with Crippen LogP contribution in [-0.2, 0) is 9.59 Å². The molecular formula is C20H29N3O3. The zero-order valence-electron chi connectivity index (χ0n) is 15.4. The number of hydrogen-bond acceptors (Lipinski definition) is 4. The smallest absolute Gasteiger partial charge is 0.242 e. The molecule has 0 bridgehead atoms. The van der Waals surface area contributed by atoms with Gasteiger partial charge in [-0.3, -0.25) is 14.5 Å². The molecule has 1 aromatic rings. The van der Waals surface area contributed by atoms with Gasteiger partial charge in [0.15, 0.2) is 0 Å². The lowest BCUT2D eigenvalue weighted by molar-refractivity contribution is -0.141. The maximum absolute atomic E-state index is 12.5. The fourth-order valence-corrected chi connectivity index (χ4v) is 3.50. The molecule has 0 N–H and O–H groups in total. The standard InChI is InChI=1S/C20H29N3O3/c24-19-9-5-2-6-10-23(19)17-20(25)22-13-11-21(12-14-22)15-16-26-18-7-3-1-4-8-18/h1,3-4,7-8H,2,5-6,9-17H2. The van der Waals surface area contributed by atoms with Crippen LogP contribution < -0.4 is 4.74 Å². The number of hydrogen-bond donors (Lipinski definition) is 0. The van der Waals surface area contributed by atoms with Crippen molar-refractivity contribution >= 4 is 11.8 Å². The average Bonchev–Trinajstić information content (AvgIpc) is 2.87. The number of likely N-dealkylation sites (tertiary alicyclic amines) is 1. The normalized spacial score (nSPS) is 19.3. The minimum atomic E-state index is 0.0837. The van der Waals surface area contributed by atoms with Crippen LogP contribution in [0.2, 0.25) is 0 Å². The molecule has 3 rings (SSSR count). The number of para-hydroxylation sites is 1. The van der Waals surface area contributed by atoms with Crippen LogP contribution in [-0.4, -0.2) is 78.9 Å². The molecule has 2 saturated heterocycles. The van der Waals surface area contributed by atoms with Crippen molar-refractivity contribution in [2.75, 3.05) is 52.4 Å². The summed E-state index contributed by atoms with van der Waals surface area (Å²) in [5.41, 5.74) is 0. The zero-order valence-corrected chi connectivity index (χ0v) is 15.4. The van der Waals surface area contributed by atoms with Crippen molar-refractivity contribution in [3.8, 4) is 5.75 Å². The summed E-state index contributed by atoms with van der Waals surface area (Å²) in [4.78, 5) is 30.5. The molecule has 2 aliphatic heterocycles. The summed E-state index contributed by atoms with van der Waals surface area (Å²) in [6.45, 7) is 5.66. The third kappa shape index (κ3) is 5.46. The second kappa shape index (κ2) is 9.57. The van der Waals surface area contributed by atoms with Crippen molar-refractivity contribution in [2.24, 2.45) is 0 Å². The molecule has 2 heterocycles. The summed E-state index contributed by atoms with van der Waals surface area (Å²) < 4.78 is 5.74. The van der Waals surface area contributed by atoms with Crippen LogP contribution >= 0.6 is 0 Å². The lowest BCUT2D eigenvalue weighted by Gasteiger charge is -2.35. The Morgan fingerprint density at radius 3 is 2.50 bits per heavy atom. The maximum Gasteiger partial charge on any atom is 0.242 e. The highest BCUT2D eigenvalue weighted by Gasteiger charge is 2.25. The molecule has 0 aromatic heterocycles. The lowest BCUT2D eigenvalue weighted by atomic mass is 10.2. The molecule has 0 atom stereocenters. The molecule has 2 fully saturated rings. The lowest BCUT2D eigenvalue weighted by Crippen LogP contribution is -2.52. The van der Waals surface area contributed by atoms with Gasteiger partial charge >= 0.3 is 0 Å². The van der Waals surface area contributed by atoms with Crippen molar-refractivity contribution < 1.29 is 14.3 Å². The number of ether oxygens (including phenoxy) is 1. The van der Waals surface area contributed by atoms with Crippen molar-refractivity contribution in [2.45, 2.75) is 25.7 Å². The molecule has 142 valence electrons. The van der Waals surface area contributed by atoms with Gasteiger partial charge in [0.2, 0.25) is 11.8 Å². The van der Waals surface area contributed by atoms with Crippen molar-refractivity contribution in [1.29, 1.82) is 0 Å². The van der Waals surface area contributed by atoms with Crippen LogP contribution in [0, 0.1) is 0 Å². The van der Waals surface area contributed by atoms with Gasteiger partial charge in [0.1, 0.15) is 12.4 Å². The number of piperazine rings is 1. The number of carbonyl (C=O) groups is 2. The first-order valence-corrected chi connectivity index (χ1v) is 9.68. The van der Waals surface area contributed by atoms with Gasteiger partial charge in [0.25, 0.3) is 0 Å². The van der Waals surface area contributed by atoms with Gasteiger partial charge in [-0.2, -0.15) is 0 Å². The predicted octanol–water partition coefficient (Wildman–Crippen LogP) is 1.61. The summed E-state index contributed by atoms with van der Waals surface area (Å²) in [6.07, 6.45) is 3.63. The molecule has 2 aliphatic rings. The Kier molecular flexibility index (Phi) is 6.89. The topological polar surface area (TPSA) is 53.1 Å². The monoisotopic (exact) mass is 359 g/mol. The van der Waals surface area contributed by atoms with Gasteiger partial charge < -0.3 is 14.5 Å². The Hall–Kier alpha value is -2.08. The Bertz CT molecular complexity index is 585. The van der Waals surface area contributed by atoms with Gasteiger partial charge in [0, 0.05) is 45.7 Å². The summed E-state index contributed by atoms with van der Waals surface area (Å²) in [5, 5.41) is 0. The Morgan fingerprint density at radius 2 is 1.73 bits per heavy atom. The van der Waals surface area contributed by atoms with Crippen LogP contribution in [0.15, 0.2) is 30.3 Å². The Balaban J connectivity index is 1.36. The zero-order chi connectivity index (χ0) is 18.2. The van der Waals surface area contributed by atoms with E-state index in [1.165, 1.54) is 0 Å². The Labute approximate surface area is 155 Å². The molecule has 6 heteroatoms. The van der Waals surface area contributed by atoms with E-state index in [-0.39, 0.29) is 18.4 Å². The van der Waals surface area contributed by atoms with Gasteiger partial charge in [-0.15, -0.1) is 0 Å². The van der Waals surface area contributed by atoms with Crippen LogP contribution in [0.3, 0.4) is 0 Å². The van der Waals surface area contributed by atoms with Gasteiger partial charge in [-0.05, 0) is 25.0 Å². The van der Waals surface area contributed by atoms with E-state index in [0.717, 1.165) is 64.3 Å². The van der Waals surface area contributed by atoms with Crippen molar-refractivity contribution in [3.05, 3.63) is 30.3 Å². The van der Waals surface area contributed by atoms with Crippen LogP contribution in [0.5, 0.6) is 5.75 Å². The SMILES string of the molecule is O=C(CN1CCCCCC1=O)N1CCN(CCOc2ccccc2)CC1. The number of rotatable bonds is 6. The summed E-state index contributed by atoms with van der Waals surface area (Å²) in [7, 11) is 0. The largest absolute Gasteiger partial charge is 0.492 e. The van der Waals surface area contributed by atoms with E-state index in [9.17, 15) is 9.59 Å². The van der Waals surface area contributed by atoms with E-state index in [2.05, 4.69) is 4.90 Å². The molecule has 2 amide bonds. The summed E-state index contributed by atoms with van der Waals surface area (Å²) in [5.74, 6) is 1.11. The second-order valence-corrected chi connectivity index (χ2v) is 7.01. The highest BCUT2D eigenvalue weighted by molar-refractivity contribution is 5.85. The molecule has 0 aliphatic carbocycles. The van der Waals surface area contributed by atoms with Crippen LogP contribution in [0.4, 0.5) is 0 Å². The molecule has 26 heavy (non-hydrogen) atoms. The van der Waals surface area contributed by atoms with E-state index in [4.69, 9.17) is 4.74 Å². The number of nitrogens with zero attached hydrogens (tertiary/aromatic N) is 3. The van der Waals surface area contributed by atoms with Crippen molar-refractivity contribution in [3.63, 3.8) is 0 Å². The highest BCUT2D eigenvalue weighted by Crippen LogP contribution is 2.12. The van der Waals surface area contributed by atoms with Gasteiger partial charge in [-0.1, -0.05) is 24.6 Å². The first kappa shape index (κ1) is 18.7.